The fourth-order valence-electron chi connectivity index (χ4n) is 2.19. The van der Waals surface area contributed by atoms with Crippen LogP contribution in [0.5, 0.6) is 0 Å². The zero-order valence-electron chi connectivity index (χ0n) is 11.8. The molecule has 114 valence electrons. The van der Waals surface area contributed by atoms with Crippen molar-refractivity contribution in [1.82, 2.24) is 19.7 Å². The van der Waals surface area contributed by atoms with E-state index in [-0.39, 0.29) is 19.0 Å². The Morgan fingerprint density at radius 3 is 2.45 bits per heavy atom. The van der Waals surface area contributed by atoms with E-state index in [0.717, 1.165) is 4.57 Å². The van der Waals surface area contributed by atoms with Gasteiger partial charge in [-0.1, -0.05) is 13.8 Å². The quantitative estimate of drug-likeness (QED) is 0.918. The summed E-state index contributed by atoms with van der Waals surface area (Å²) in [6.07, 6.45) is -4.48. The maximum absolute atomic E-state index is 12.7. The highest BCUT2D eigenvalue weighted by Crippen LogP contribution is 2.30. The van der Waals surface area contributed by atoms with Gasteiger partial charge >= 0.3 is 6.18 Å². The summed E-state index contributed by atoms with van der Waals surface area (Å²) in [7, 11) is 0. The normalized spacial score (nSPS) is 20.0. The number of hydrogen-bond acceptors (Lipinski definition) is 4. The van der Waals surface area contributed by atoms with Crippen LogP contribution >= 0.6 is 0 Å². The van der Waals surface area contributed by atoms with Gasteiger partial charge in [-0.3, -0.25) is 4.90 Å². The lowest BCUT2D eigenvalue weighted by Crippen LogP contribution is -2.47. The third-order valence-electron chi connectivity index (χ3n) is 3.87. The van der Waals surface area contributed by atoms with Gasteiger partial charge in [0.2, 0.25) is 5.82 Å². The molecule has 0 radical (unpaired) electrons. The molecule has 0 saturated heterocycles. The molecule has 2 heterocycles. The van der Waals surface area contributed by atoms with Gasteiger partial charge in [0.25, 0.3) is 0 Å². The Kier molecular flexibility index (Phi) is 3.81. The molecule has 1 aliphatic heterocycles. The Hall–Kier alpha value is -1.15. The van der Waals surface area contributed by atoms with Crippen molar-refractivity contribution in [2.45, 2.75) is 45.6 Å². The van der Waals surface area contributed by atoms with Crippen LogP contribution in [-0.4, -0.2) is 43.5 Å². The van der Waals surface area contributed by atoms with Crippen LogP contribution < -0.4 is 0 Å². The highest BCUT2D eigenvalue weighted by atomic mass is 19.4. The van der Waals surface area contributed by atoms with Crippen molar-refractivity contribution in [2.75, 3.05) is 13.1 Å². The van der Waals surface area contributed by atoms with E-state index in [0.29, 0.717) is 18.9 Å². The molecule has 5 nitrogen and oxygen atoms in total. The smallest absolute Gasteiger partial charge is 0.389 e. The van der Waals surface area contributed by atoms with Gasteiger partial charge in [-0.2, -0.15) is 13.2 Å². The second-order valence-electron chi connectivity index (χ2n) is 5.81. The predicted molar refractivity (Wildman–Crippen MR) is 65.8 cm³/mol. The third-order valence-corrected chi connectivity index (χ3v) is 3.87. The highest BCUT2D eigenvalue weighted by molar-refractivity contribution is 5.02. The molecule has 0 bridgehead atoms. The average Bonchev–Trinajstić information content (AvgIpc) is 2.70. The van der Waals surface area contributed by atoms with E-state index in [9.17, 15) is 18.3 Å². The molecule has 0 aliphatic carbocycles. The maximum Gasteiger partial charge on any atom is 0.451 e. The summed E-state index contributed by atoms with van der Waals surface area (Å²) in [4.78, 5) is 1.91. The standard InChI is InChI=1S/C12H19F3N4O/c1-8(2)11(3,20)7-18-4-5-19-9(6-18)16-17-10(19)12(13,14)15/h8,20H,4-7H2,1-3H3. The van der Waals surface area contributed by atoms with Crippen molar-refractivity contribution in [1.29, 1.82) is 0 Å². The second kappa shape index (κ2) is 5.00. The first-order valence-electron chi connectivity index (χ1n) is 6.55. The first-order valence-corrected chi connectivity index (χ1v) is 6.55. The van der Waals surface area contributed by atoms with Gasteiger partial charge in [-0.15, -0.1) is 10.2 Å². The van der Waals surface area contributed by atoms with Crippen molar-refractivity contribution >= 4 is 0 Å². The van der Waals surface area contributed by atoms with Crippen molar-refractivity contribution in [2.24, 2.45) is 5.92 Å². The minimum absolute atomic E-state index is 0.0630. The van der Waals surface area contributed by atoms with E-state index in [1.807, 2.05) is 18.7 Å². The van der Waals surface area contributed by atoms with Crippen molar-refractivity contribution in [3.8, 4) is 0 Å². The summed E-state index contributed by atoms with van der Waals surface area (Å²) in [6, 6.07) is 0. The van der Waals surface area contributed by atoms with E-state index in [4.69, 9.17) is 0 Å². The molecule has 8 heteroatoms. The van der Waals surface area contributed by atoms with E-state index in [1.54, 1.807) is 6.92 Å². The van der Waals surface area contributed by atoms with Crippen LogP contribution in [0.15, 0.2) is 0 Å². The van der Waals surface area contributed by atoms with Crippen LogP contribution in [0.25, 0.3) is 0 Å². The number of aliphatic hydroxyl groups is 1. The number of fused-ring (bicyclic) bond motifs is 1. The minimum Gasteiger partial charge on any atom is -0.389 e. The zero-order valence-corrected chi connectivity index (χ0v) is 11.8. The molecular weight excluding hydrogens is 273 g/mol. The Morgan fingerprint density at radius 1 is 1.25 bits per heavy atom. The van der Waals surface area contributed by atoms with Gasteiger partial charge in [0.1, 0.15) is 5.82 Å². The molecule has 0 fully saturated rings. The van der Waals surface area contributed by atoms with E-state index >= 15 is 0 Å². The molecule has 0 aromatic carbocycles. The largest absolute Gasteiger partial charge is 0.451 e. The van der Waals surface area contributed by atoms with Crippen molar-refractivity contribution in [3.05, 3.63) is 11.6 Å². The lowest BCUT2D eigenvalue weighted by molar-refractivity contribution is -0.148. The summed E-state index contributed by atoms with van der Waals surface area (Å²) < 4.78 is 39.2. The fraction of sp³-hybridized carbons (Fsp3) is 0.833. The molecular formula is C12H19F3N4O. The molecule has 1 N–H and O–H groups in total. The van der Waals surface area contributed by atoms with E-state index < -0.39 is 17.6 Å². The van der Waals surface area contributed by atoms with Crippen molar-refractivity contribution < 1.29 is 18.3 Å². The molecule has 1 aromatic heterocycles. The molecule has 0 amide bonds. The first kappa shape index (κ1) is 15.2. The molecule has 20 heavy (non-hydrogen) atoms. The number of aromatic nitrogens is 3. The second-order valence-corrected chi connectivity index (χ2v) is 5.81. The molecule has 1 aromatic rings. The SMILES string of the molecule is CC(C)C(C)(O)CN1CCn2c(nnc2C(F)(F)F)C1. The Morgan fingerprint density at radius 2 is 1.90 bits per heavy atom. The zero-order chi connectivity index (χ0) is 15.1. The van der Waals surface area contributed by atoms with Gasteiger partial charge in [0, 0.05) is 19.6 Å². The minimum atomic E-state index is -4.48. The van der Waals surface area contributed by atoms with Crippen LogP contribution in [0.3, 0.4) is 0 Å². The number of nitrogens with zero attached hydrogens (tertiary/aromatic N) is 4. The fourth-order valence-corrected chi connectivity index (χ4v) is 2.19. The van der Waals surface area contributed by atoms with Crippen LogP contribution in [-0.2, 0) is 19.3 Å². The highest BCUT2D eigenvalue weighted by Gasteiger charge is 2.40. The summed E-state index contributed by atoms with van der Waals surface area (Å²) in [5, 5.41) is 17.1. The van der Waals surface area contributed by atoms with Gasteiger partial charge < -0.3 is 9.67 Å². The van der Waals surface area contributed by atoms with Gasteiger partial charge in [-0.05, 0) is 12.8 Å². The van der Waals surface area contributed by atoms with E-state index in [1.165, 1.54) is 0 Å². The molecule has 0 saturated carbocycles. The molecule has 0 spiro atoms. The number of alkyl halides is 3. The lowest BCUT2D eigenvalue weighted by Gasteiger charge is -2.36. The summed E-state index contributed by atoms with van der Waals surface area (Å²) in [5.74, 6) is -0.584. The van der Waals surface area contributed by atoms with Crippen molar-refractivity contribution in [3.63, 3.8) is 0 Å². The molecule has 2 rings (SSSR count). The van der Waals surface area contributed by atoms with Crippen LogP contribution in [0.2, 0.25) is 0 Å². The van der Waals surface area contributed by atoms with Crippen LogP contribution in [0, 0.1) is 5.92 Å². The number of halogens is 3. The Labute approximate surface area is 115 Å². The third kappa shape index (κ3) is 2.95. The van der Waals surface area contributed by atoms with Gasteiger partial charge in [0.15, 0.2) is 0 Å². The van der Waals surface area contributed by atoms with Crippen LogP contribution in [0.1, 0.15) is 32.4 Å². The van der Waals surface area contributed by atoms with Crippen LogP contribution in [0.4, 0.5) is 13.2 Å². The Bertz CT molecular complexity index is 482. The van der Waals surface area contributed by atoms with E-state index in [2.05, 4.69) is 10.2 Å². The van der Waals surface area contributed by atoms with Gasteiger partial charge in [-0.25, -0.2) is 0 Å². The first-order chi connectivity index (χ1) is 9.11. The number of hydrogen-bond donors (Lipinski definition) is 1. The lowest BCUT2D eigenvalue weighted by atomic mass is 9.92. The molecule has 1 aliphatic rings. The summed E-state index contributed by atoms with van der Waals surface area (Å²) >= 11 is 0. The summed E-state index contributed by atoms with van der Waals surface area (Å²) in [5.41, 5.74) is -0.880. The molecule has 1 atom stereocenters. The Balaban J connectivity index is 2.11. The predicted octanol–water partition coefficient (Wildman–Crippen LogP) is 1.52. The maximum atomic E-state index is 12.7. The average molecular weight is 292 g/mol. The number of β-amino-alcohol motifs (C(OH)–C–C–N with tert-alkyl or cyclic N) is 1. The number of rotatable bonds is 3. The topological polar surface area (TPSA) is 54.2 Å². The monoisotopic (exact) mass is 292 g/mol. The molecule has 1 unspecified atom stereocenters. The van der Waals surface area contributed by atoms with Gasteiger partial charge in [0.05, 0.1) is 12.1 Å². The summed E-state index contributed by atoms with van der Waals surface area (Å²) in [6.45, 7) is 6.85.